The summed E-state index contributed by atoms with van der Waals surface area (Å²) in [7, 11) is 0. The third-order valence-electron chi connectivity index (χ3n) is 2.93. The number of aliphatic carboxylic acids is 1. The first-order chi connectivity index (χ1) is 12.5. The van der Waals surface area contributed by atoms with Gasteiger partial charge in [-0.1, -0.05) is 11.2 Å². The Morgan fingerprint density at radius 3 is 2.33 bits per heavy atom. The van der Waals surface area contributed by atoms with Crippen molar-refractivity contribution in [2.45, 2.75) is 12.4 Å². The van der Waals surface area contributed by atoms with E-state index in [0.717, 1.165) is 12.1 Å². The van der Waals surface area contributed by atoms with E-state index in [2.05, 4.69) is 15.5 Å². The molecule has 2 heterocycles. The molecule has 1 aromatic carbocycles. The SMILES string of the molecule is FC(F)(F)c1cccc(Nc2noc3cccnc23)c1.O=C(O)C(F)(F)F. The molecule has 0 aliphatic carbocycles. The monoisotopic (exact) mass is 393 g/mol. The second-order valence-corrected chi connectivity index (χ2v) is 4.89. The predicted octanol–water partition coefficient (Wildman–Crippen LogP) is 4.62. The van der Waals surface area contributed by atoms with E-state index in [1.165, 1.54) is 12.1 Å². The van der Waals surface area contributed by atoms with E-state index < -0.39 is 23.9 Å². The van der Waals surface area contributed by atoms with E-state index in [1.54, 1.807) is 18.3 Å². The lowest BCUT2D eigenvalue weighted by atomic mass is 10.2. The number of hydrogen-bond donors (Lipinski definition) is 2. The normalized spacial score (nSPS) is 11.6. The maximum atomic E-state index is 12.6. The molecule has 6 nitrogen and oxygen atoms in total. The number of aromatic nitrogens is 2. The van der Waals surface area contributed by atoms with Crippen LogP contribution in [0.5, 0.6) is 0 Å². The molecule has 0 aliphatic heterocycles. The fraction of sp³-hybridized carbons (Fsp3) is 0.133. The van der Waals surface area contributed by atoms with Gasteiger partial charge < -0.3 is 14.9 Å². The molecule has 0 saturated carbocycles. The van der Waals surface area contributed by atoms with Crippen LogP contribution in [-0.2, 0) is 11.0 Å². The minimum absolute atomic E-state index is 0.265. The van der Waals surface area contributed by atoms with Crippen LogP contribution < -0.4 is 5.32 Å². The van der Waals surface area contributed by atoms with Crippen molar-refractivity contribution in [3.63, 3.8) is 0 Å². The van der Waals surface area contributed by atoms with Crippen molar-refractivity contribution < 1.29 is 40.8 Å². The Balaban J connectivity index is 0.000000321. The van der Waals surface area contributed by atoms with Crippen LogP contribution in [-0.4, -0.2) is 27.4 Å². The molecule has 2 aromatic heterocycles. The summed E-state index contributed by atoms with van der Waals surface area (Å²) in [5.74, 6) is -2.48. The number of carboxylic acid groups (broad SMARTS) is 1. The first kappa shape index (κ1) is 20.0. The van der Waals surface area contributed by atoms with Gasteiger partial charge >= 0.3 is 18.3 Å². The van der Waals surface area contributed by atoms with Gasteiger partial charge in [-0.15, -0.1) is 0 Å². The molecule has 3 rings (SSSR count). The molecule has 0 fully saturated rings. The zero-order valence-electron chi connectivity index (χ0n) is 13.0. The van der Waals surface area contributed by atoms with E-state index in [9.17, 15) is 26.3 Å². The van der Waals surface area contributed by atoms with Crippen LogP contribution in [0.2, 0.25) is 0 Å². The van der Waals surface area contributed by atoms with Gasteiger partial charge in [0.05, 0.1) is 5.56 Å². The van der Waals surface area contributed by atoms with Gasteiger partial charge in [-0.05, 0) is 30.3 Å². The van der Waals surface area contributed by atoms with Crippen LogP contribution in [0.4, 0.5) is 37.8 Å². The van der Waals surface area contributed by atoms with Crippen LogP contribution in [0.1, 0.15) is 5.56 Å². The molecule has 27 heavy (non-hydrogen) atoms. The minimum Gasteiger partial charge on any atom is -0.475 e. The molecule has 144 valence electrons. The van der Waals surface area contributed by atoms with E-state index >= 15 is 0 Å². The quantitative estimate of drug-likeness (QED) is 0.618. The van der Waals surface area contributed by atoms with E-state index in [4.69, 9.17) is 14.4 Å². The van der Waals surface area contributed by atoms with Crippen molar-refractivity contribution >= 4 is 28.6 Å². The molecule has 0 bridgehead atoms. The molecule has 0 atom stereocenters. The van der Waals surface area contributed by atoms with Gasteiger partial charge in [0.15, 0.2) is 16.9 Å². The molecule has 3 aromatic rings. The summed E-state index contributed by atoms with van der Waals surface area (Å²) in [5.41, 5.74) is 0.454. The topological polar surface area (TPSA) is 88.3 Å². The van der Waals surface area contributed by atoms with Gasteiger partial charge in [-0.25, -0.2) is 9.78 Å². The number of alkyl halides is 6. The van der Waals surface area contributed by atoms with Gasteiger partial charge in [0.25, 0.3) is 0 Å². The molecular weight excluding hydrogens is 384 g/mol. The van der Waals surface area contributed by atoms with Gasteiger partial charge in [0.2, 0.25) is 0 Å². The molecule has 0 unspecified atom stereocenters. The maximum Gasteiger partial charge on any atom is 0.490 e. The summed E-state index contributed by atoms with van der Waals surface area (Å²) < 4.78 is 74.6. The highest BCUT2D eigenvalue weighted by molar-refractivity contribution is 5.85. The number of anilines is 2. The van der Waals surface area contributed by atoms with Gasteiger partial charge in [0.1, 0.15) is 0 Å². The fourth-order valence-corrected chi connectivity index (χ4v) is 1.77. The molecule has 0 aliphatic rings. The molecule has 0 spiro atoms. The van der Waals surface area contributed by atoms with Crippen LogP contribution in [0.3, 0.4) is 0 Å². The van der Waals surface area contributed by atoms with Gasteiger partial charge in [-0.2, -0.15) is 26.3 Å². The maximum absolute atomic E-state index is 12.6. The molecule has 0 saturated heterocycles. The fourth-order valence-electron chi connectivity index (χ4n) is 1.77. The van der Waals surface area contributed by atoms with Crippen molar-refractivity contribution in [2.75, 3.05) is 5.32 Å². The van der Waals surface area contributed by atoms with E-state index in [-0.39, 0.29) is 11.5 Å². The summed E-state index contributed by atoms with van der Waals surface area (Å²) in [6.07, 6.45) is -7.92. The number of nitrogens with zero attached hydrogens (tertiary/aromatic N) is 2. The highest BCUT2D eigenvalue weighted by Gasteiger charge is 2.38. The third kappa shape index (κ3) is 5.33. The largest absolute Gasteiger partial charge is 0.490 e. The number of halogens is 6. The number of nitrogens with one attached hydrogen (secondary N) is 1. The van der Waals surface area contributed by atoms with Crippen molar-refractivity contribution in [3.8, 4) is 0 Å². The van der Waals surface area contributed by atoms with Crippen molar-refractivity contribution in [1.29, 1.82) is 0 Å². The summed E-state index contributed by atoms with van der Waals surface area (Å²) in [6, 6.07) is 8.20. The van der Waals surface area contributed by atoms with Gasteiger partial charge in [-0.3, -0.25) is 0 Å². The first-order valence-corrected chi connectivity index (χ1v) is 6.93. The lowest BCUT2D eigenvalue weighted by Crippen LogP contribution is -2.21. The van der Waals surface area contributed by atoms with Crippen LogP contribution >= 0.6 is 0 Å². The Bertz CT molecular complexity index is 936. The highest BCUT2D eigenvalue weighted by atomic mass is 19.4. The average molecular weight is 393 g/mol. The highest BCUT2D eigenvalue weighted by Crippen LogP contribution is 2.32. The number of fused-ring (bicyclic) bond motifs is 1. The third-order valence-corrected chi connectivity index (χ3v) is 2.93. The average Bonchev–Trinajstić information content (AvgIpc) is 2.97. The lowest BCUT2D eigenvalue weighted by molar-refractivity contribution is -0.192. The standard InChI is InChI=1S/C13H8F3N3O.C2HF3O2/c14-13(15,16)8-3-1-4-9(7-8)18-12-11-10(20-19-12)5-2-6-17-11;3-2(4,5)1(6)7/h1-7H,(H,18,19);(H,6,7). The van der Waals surface area contributed by atoms with E-state index in [1.807, 2.05) is 0 Å². The van der Waals surface area contributed by atoms with E-state index in [0.29, 0.717) is 11.1 Å². The first-order valence-electron chi connectivity index (χ1n) is 6.93. The zero-order valence-corrected chi connectivity index (χ0v) is 13.0. The Morgan fingerprint density at radius 1 is 1.07 bits per heavy atom. The number of benzene rings is 1. The summed E-state index contributed by atoms with van der Waals surface area (Å²) in [5, 5.41) is 13.6. The Morgan fingerprint density at radius 2 is 1.74 bits per heavy atom. The lowest BCUT2D eigenvalue weighted by Gasteiger charge is -2.08. The number of pyridine rings is 1. The Labute approximate surface area is 146 Å². The Hall–Kier alpha value is -3.31. The summed E-state index contributed by atoms with van der Waals surface area (Å²) >= 11 is 0. The van der Waals surface area contributed by atoms with Crippen molar-refractivity contribution in [2.24, 2.45) is 0 Å². The predicted molar refractivity (Wildman–Crippen MR) is 80.2 cm³/mol. The van der Waals surface area contributed by atoms with Gasteiger partial charge in [0, 0.05) is 11.9 Å². The number of carboxylic acids is 1. The molecule has 0 amide bonds. The van der Waals surface area contributed by atoms with Crippen molar-refractivity contribution in [1.82, 2.24) is 10.1 Å². The van der Waals surface area contributed by atoms with Crippen LogP contribution in [0.25, 0.3) is 11.1 Å². The zero-order chi connectivity index (χ0) is 20.2. The second kappa shape index (κ2) is 7.51. The summed E-state index contributed by atoms with van der Waals surface area (Å²) in [4.78, 5) is 13.0. The van der Waals surface area contributed by atoms with Crippen LogP contribution in [0.15, 0.2) is 47.1 Å². The molecular formula is C15H9F6N3O3. The molecule has 0 radical (unpaired) electrons. The second-order valence-electron chi connectivity index (χ2n) is 4.89. The Kier molecular flexibility index (Phi) is 5.57. The smallest absolute Gasteiger partial charge is 0.475 e. The van der Waals surface area contributed by atoms with Crippen LogP contribution in [0, 0.1) is 0 Å². The number of rotatable bonds is 2. The minimum atomic E-state index is -5.08. The number of carbonyl (C=O) groups is 1. The summed E-state index contributed by atoms with van der Waals surface area (Å²) in [6.45, 7) is 0. The van der Waals surface area contributed by atoms with Crippen molar-refractivity contribution in [3.05, 3.63) is 48.2 Å². The molecule has 12 heteroatoms. The molecule has 2 N–H and O–H groups in total. The number of hydrogen-bond acceptors (Lipinski definition) is 5.